The molecule has 0 radical (unpaired) electrons. The highest BCUT2D eigenvalue weighted by Gasteiger charge is 2.03. The van der Waals surface area contributed by atoms with Crippen molar-refractivity contribution in [2.24, 2.45) is 0 Å². The lowest BCUT2D eigenvalue weighted by atomic mass is 10.2. The molecular weight excluding hydrogens is 250 g/mol. The Hall–Kier alpha value is -2.87. The number of hydrogen-bond acceptors (Lipinski definition) is 5. The van der Waals surface area contributed by atoms with Crippen molar-refractivity contribution in [1.29, 1.82) is 5.26 Å². The van der Waals surface area contributed by atoms with Gasteiger partial charge in [0.2, 0.25) is 5.95 Å². The van der Waals surface area contributed by atoms with E-state index in [2.05, 4.69) is 33.2 Å². The number of nitriles is 1. The minimum atomic E-state index is 0.492. The molecule has 0 aliphatic heterocycles. The van der Waals surface area contributed by atoms with Gasteiger partial charge in [-0.05, 0) is 25.1 Å². The standard InChI is InChI=1S/C15H15N5/c1-3-7-17-14-8-11(2)18-15(20-14)19-13-6-4-5-12(9-13)10-16/h3-6,8-9H,1,7H2,2H3,(H2,17,18,19,20). The Morgan fingerprint density at radius 3 is 2.95 bits per heavy atom. The summed E-state index contributed by atoms with van der Waals surface area (Å²) in [5.41, 5.74) is 2.22. The molecule has 5 nitrogen and oxygen atoms in total. The van der Waals surface area contributed by atoms with Gasteiger partial charge in [-0.1, -0.05) is 12.1 Å². The molecule has 2 rings (SSSR count). The predicted molar refractivity (Wildman–Crippen MR) is 79.9 cm³/mol. The fraction of sp³-hybridized carbons (Fsp3) is 0.133. The second-order valence-corrected chi connectivity index (χ2v) is 4.21. The van der Waals surface area contributed by atoms with Crippen LogP contribution in [0, 0.1) is 18.3 Å². The summed E-state index contributed by atoms with van der Waals surface area (Å²) >= 11 is 0. The molecule has 2 aromatic rings. The molecule has 0 aliphatic carbocycles. The monoisotopic (exact) mass is 265 g/mol. The highest BCUT2D eigenvalue weighted by atomic mass is 15.1. The first-order valence-corrected chi connectivity index (χ1v) is 6.19. The topological polar surface area (TPSA) is 73.6 Å². The van der Waals surface area contributed by atoms with E-state index in [4.69, 9.17) is 5.26 Å². The molecule has 1 aromatic heterocycles. The van der Waals surface area contributed by atoms with E-state index in [0.29, 0.717) is 18.1 Å². The normalized spacial score (nSPS) is 9.60. The van der Waals surface area contributed by atoms with Gasteiger partial charge in [0.25, 0.3) is 0 Å². The van der Waals surface area contributed by atoms with E-state index in [-0.39, 0.29) is 0 Å². The van der Waals surface area contributed by atoms with Gasteiger partial charge in [0.1, 0.15) is 5.82 Å². The number of anilines is 3. The van der Waals surface area contributed by atoms with Crippen molar-refractivity contribution in [1.82, 2.24) is 9.97 Å². The number of aromatic nitrogens is 2. The molecule has 0 amide bonds. The van der Waals surface area contributed by atoms with Crippen molar-refractivity contribution in [3.63, 3.8) is 0 Å². The molecule has 0 saturated heterocycles. The molecule has 0 spiro atoms. The number of aryl methyl sites for hydroxylation is 1. The minimum Gasteiger partial charge on any atom is -0.366 e. The minimum absolute atomic E-state index is 0.492. The summed E-state index contributed by atoms with van der Waals surface area (Å²) < 4.78 is 0. The molecule has 2 N–H and O–H groups in total. The molecule has 100 valence electrons. The van der Waals surface area contributed by atoms with Gasteiger partial charge >= 0.3 is 0 Å². The number of nitrogens with zero attached hydrogens (tertiary/aromatic N) is 3. The van der Waals surface area contributed by atoms with Crippen LogP contribution in [0.1, 0.15) is 11.3 Å². The SMILES string of the molecule is C=CCNc1cc(C)nc(Nc2cccc(C#N)c2)n1. The summed E-state index contributed by atoms with van der Waals surface area (Å²) in [6.07, 6.45) is 1.76. The van der Waals surface area contributed by atoms with E-state index in [1.165, 1.54) is 0 Å². The van der Waals surface area contributed by atoms with E-state index < -0.39 is 0 Å². The Balaban J connectivity index is 2.21. The van der Waals surface area contributed by atoms with Crippen molar-refractivity contribution in [2.45, 2.75) is 6.92 Å². The third kappa shape index (κ3) is 3.56. The largest absolute Gasteiger partial charge is 0.366 e. The van der Waals surface area contributed by atoms with Gasteiger partial charge in [0.15, 0.2) is 0 Å². The van der Waals surface area contributed by atoms with Crippen molar-refractivity contribution < 1.29 is 0 Å². The number of benzene rings is 1. The first kappa shape index (κ1) is 13.6. The predicted octanol–water partition coefficient (Wildman–Crippen LogP) is 3.00. The van der Waals surface area contributed by atoms with Crippen LogP contribution in [0.15, 0.2) is 43.0 Å². The van der Waals surface area contributed by atoms with Crippen molar-refractivity contribution in [2.75, 3.05) is 17.2 Å². The third-order valence-corrected chi connectivity index (χ3v) is 2.53. The van der Waals surface area contributed by atoms with Crippen molar-refractivity contribution in [3.8, 4) is 6.07 Å². The smallest absolute Gasteiger partial charge is 0.229 e. The Labute approximate surface area is 118 Å². The molecular formula is C15H15N5. The molecule has 0 fully saturated rings. The molecule has 1 aromatic carbocycles. The van der Waals surface area contributed by atoms with Crippen LogP contribution in [-0.4, -0.2) is 16.5 Å². The van der Waals surface area contributed by atoms with Gasteiger partial charge < -0.3 is 10.6 Å². The Morgan fingerprint density at radius 1 is 1.35 bits per heavy atom. The lowest BCUT2D eigenvalue weighted by Gasteiger charge is -2.09. The molecule has 0 atom stereocenters. The maximum Gasteiger partial charge on any atom is 0.229 e. The van der Waals surface area contributed by atoms with Gasteiger partial charge in [-0.15, -0.1) is 6.58 Å². The Kier molecular flexibility index (Phi) is 4.30. The maximum absolute atomic E-state index is 8.89. The van der Waals surface area contributed by atoms with E-state index in [1.54, 1.807) is 18.2 Å². The summed E-state index contributed by atoms with van der Waals surface area (Å²) in [6.45, 7) is 6.19. The molecule has 0 bridgehead atoms. The number of nitrogens with one attached hydrogen (secondary N) is 2. The van der Waals surface area contributed by atoms with Crippen LogP contribution in [0.25, 0.3) is 0 Å². The summed E-state index contributed by atoms with van der Waals surface area (Å²) in [7, 11) is 0. The van der Waals surface area contributed by atoms with Gasteiger partial charge in [-0.25, -0.2) is 4.98 Å². The average molecular weight is 265 g/mol. The van der Waals surface area contributed by atoms with Gasteiger partial charge in [0, 0.05) is 24.0 Å². The van der Waals surface area contributed by atoms with Crippen LogP contribution in [0.4, 0.5) is 17.5 Å². The van der Waals surface area contributed by atoms with Crippen LogP contribution >= 0.6 is 0 Å². The van der Waals surface area contributed by atoms with Gasteiger partial charge in [-0.2, -0.15) is 10.2 Å². The fourth-order valence-corrected chi connectivity index (χ4v) is 1.69. The summed E-state index contributed by atoms with van der Waals surface area (Å²) in [4.78, 5) is 8.68. The van der Waals surface area contributed by atoms with Crippen LogP contribution in [0.3, 0.4) is 0 Å². The lowest BCUT2D eigenvalue weighted by Crippen LogP contribution is -2.05. The third-order valence-electron chi connectivity index (χ3n) is 2.53. The van der Waals surface area contributed by atoms with E-state index >= 15 is 0 Å². The Bertz CT molecular complexity index is 658. The number of hydrogen-bond donors (Lipinski definition) is 2. The first-order valence-electron chi connectivity index (χ1n) is 6.19. The zero-order valence-electron chi connectivity index (χ0n) is 11.2. The maximum atomic E-state index is 8.89. The van der Waals surface area contributed by atoms with Crippen molar-refractivity contribution >= 4 is 17.5 Å². The highest BCUT2D eigenvalue weighted by molar-refractivity contribution is 5.57. The second-order valence-electron chi connectivity index (χ2n) is 4.21. The zero-order valence-corrected chi connectivity index (χ0v) is 11.2. The van der Waals surface area contributed by atoms with E-state index in [1.807, 2.05) is 25.1 Å². The van der Waals surface area contributed by atoms with Crippen LogP contribution in [-0.2, 0) is 0 Å². The first-order chi connectivity index (χ1) is 9.71. The molecule has 20 heavy (non-hydrogen) atoms. The Morgan fingerprint density at radius 2 is 2.20 bits per heavy atom. The molecule has 5 heteroatoms. The van der Waals surface area contributed by atoms with Crippen molar-refractivity contribution in [3.05, 3.63) is 54.2 Å². The molecule has 0 unspecified atom stereocenters. The van der Waals surface area contributed by atoms with Crippen LogP contribution in [0.5, 0.6) is 0 Å². The summed E-state index contributed by atoms with van der Waals surface area (Å²) in [6, 6.07) is 11.1. The van der Waals surface area contributed by atoms with E-state index in [9.17, 15) is 0 Å². The molecule has 0 aliphatic rings. The zero-order chi connectivity index (χ0) is 14.4. The quantitative estimate of drug-likeness (QED) is 0.813. The summed E-state index contributed by atoms with van der Waals surface area (Å²) in [5, 5.41) is 15.1. The highest BCUT2D eigenvalue weighted by Crippen LogP contribution is 2.16. The summed E-state index contributed by atoms with van der Waals surface area (Å²) in [5.74, 6) is 1.22. The average Bonchev–Trinajstić information content (AvgIpc) is 2.44. The second kappa shape index (κ2) is 6.34. The van der Waals surface area contributed by atoms with Crippen LogP contribution < -0.4 is 10.6 Å². The lowest BCUT2D eigenvalue weighted by molar-refractivity contribution is 1.09. The van der Waals surface area contributed by atoms with Crippen LogP contribution in [0.2, 0.25) is 0 Å². The number of rotatable bonds is 5. The van der Waals surface area contributed by atoms with Gasteiger partial charge in [0.05, 0.1) is 11.6 Å². The fourth-order valence-electron chi connectivity index (χ4n) is 1.69. The van der Waals surface area contributed by atoms with Gasteiger partial charge in [-0.3, -0.25) is 0 Å². The molecule has 0 saturated carbocycles. The molecule has 1 heterocycles. The van der Waals surface area contributed by atoms with E-state index in [0.717, 1.165) is 17.2 Å².